The summed E-state index contributed by atoms with van der Waals surface area (Å²) >= 11 is 0. The standard InChI is InChI=1S/C10H9F2N3O2/c11-10(12)9-6(4-14)1-5(3-13)7(15-9)2-8(16)17/h1,10H,2-3,13H2,(H,16,17). The molecule has 90 valence electrons. The summed E-state index contributed by atoms with van der Waals surface area (Å²) in [6, 6.07) is 2.75. The first-order valence-electron chi connectivity index (χ1n) is 4.62. The Morgan fingerprint density at radius 1 is 1.65 bits per heavy atom. The predicted molar refractivity (Wildman–Crippen MR) is 53.1 cm³/mol. The Morgan fingerprint density at radius 2 is 2.29 bits per heavy atom. The first-order chi connectivity index (χ1) is 7.99. The summed E-state index contributed by atoms with van der Waals surface area (Å²) in [7, 11) is 0. The Kier molecular flexibility index (Phi) is 4.06. The van der Waals surface area contributed by atoms with Crippen LogP contribution in [0, 0.1) is 11.3 Å². The van der Waals surface area contributed by atoms with Crippen LogP contribution in [0.4, 0.5) is 8.78 Å². The van der Waals surface area contributed by atoms with E-state index in [-0.39, 0.29) is 23.4 Å². The summed E-state index contributed by atoms with van der Waals surface area (Å²) in [5.74, 6) is -1.20. The van der Waals surface area contributed by atoms with Gasteiger partial charge in [0.25, 0.3) is 6.43 Å². The molecule has 0 saturated carbocycles. The van der Waals surface area contributed by atoms with Crippen molar-refractivity contribution in [2.24, 2.45) is 5.73 Å². The lowest BCUT2D eigenvalue weighted by Crippen LogP contribution is -2.12. The molecule has 0 aliphatic heterocycles. The quantitative estimate of drug-likeness (QED) is 0.818. The number of rotatable bonds is 4. The molecule has 0 saturated heterocycles. The molecule has 17 heavy (non-hydrogen) atoms. The van der Waals surface area contributed by atoms with Crippen LogP contribution in [-0.2, 0) is 17.8 Å². The third kappa shape index (κ3) is 2.95. The van der Waals surface area contributed by atoms with E-state index in [1.165, 1.54) is 0 Å². The number of carboxylic acid groups (broad SMARTS) is 1. The van der Waals surface area contributed by atoms with E-state index in [1.54, 1.807) is 6.07 Å². The van der Waals surface area contributed by atoms with E-state index < -0.39 is 24.5 Å². The van der Waals surface area contributed by atoms with Crippen molar-refractivity contribution in [3.05, 3.63) is 28.6 Å². The highest BCUT2D eigenvalue weighted by molar-refractivity contribution is 5.70. The summed E-state index contributed by atoms with van der Waals surface area (Å²) in [4.78, 5) is 14.1. The fourth-order valence-corrected chi connectivity index (χ4v) is 1.34. The molecular formula is C10H9F2N3O2. The number of hydrogen-bond donors (Lipinski definition) is 2. The second-order valence-electron chi connectivity index (χ2n) is 3.21. The Balaban J connectivity index is 3.34. The van der Waals surface area contributed by atoms with Crippen LogP contribution in [0.1, 0.15) is 28.9 Å². The molecule has 7 heteroatoms. The number of hydrogen-bond acceptors (Lipinski definition) is 4. The van der Waals surface area contributed by atoms with Gasteiger partial charge in [-0.2, -0.15) is 5.26 Å². The van der Waals surface area contributed by atoms with Gasteiger partial charge in [-0.05, 0) is 11.6 Å². The zero-order chi connectivity index (χ0) is 13.0. The van der Waals surface area contributed by atoms with E-state index in [2.05, 4.69) is 4.98 Å². The van der Waals surface area contributed by atoms with E-state index in [9.17, 15) is 13.6 Å². The Labute approximate surface area is 95.5 Å². The van der Waals surface area contributed by atoms with Crippen LogP contribution in [0.15, 0.2) is 6.07 Å². The van der Waals surface area contributed by atoms with Crippen LogP contribution in [-0.4, -0.2) is 16.1 Å². The highest BCUT2D eigenvalue weighted by Crippen LogP contribution is 2.23. The minimum atomic E-state index is -2.93. The smallest absolute Gasteiger partial charge is 0.309 e. The van der Waals surface area contributed by atoms with Gasteiger partial charge in [0.15, 0.2) is 0 Å². The van der Waals surface area contributed by atoms with Crippen molar-refractivity contribution >= 4 is 5.97 Å². The summed E-state index contributed by atoms with van der Waals surface area (Å²) in [5, 5.41) is 17.3. The van der Waals surface area contributed by atoms with E-state index in [4.69, 9.17) is 16.1 Å². The number of aromatic nitrogens is 1. The number of nitrogens with zero attached hydrogens (tertiary/aromatic N) is 2. The Hall–Kier alpha value is -2.07. The predicted octanol–water partition coefficient (Wildman–Crippen LogP) is 0.977. The third-order valence-corrected chi connectivity index (χ3v) is 2.09. The second kappa shape index (κ2) is 5.32. The number of alkyl halides is 2. The normalized spacial score (nSPS) is 10.3. The van der Waals surface area contributed by atoms with Crippen molar-refractivity contribution < 1.29 is 18.7 Å². The highest BCUT2D eigenvalue weighted by Gasteiger charge is 2.19. The number of pyridine rings is 1. The molecule has 0 unspecified atom stereocenters. The lowest BCUT2D eigenvalue weighted by atomic mass is 10.1. The van der Waals surface area contributed by atoms with Gasteiger partial charge >= 0.3 is 5.97 Å². The van der Waals surface area contributed by atoms with Crippen LogP contribution in [0.25, 0.3) is 0 Å². The molecule has 5 nitrogen and oxygen atoms in total. The molecule has 1 rings (SSSR count). The number of aliphatic carboxylic acids is 1. The molecular weight excluding hydrogens is 232 g/mol. The Bertz CT molecular complexity index is 483. The zero-order valence-corrected chi connectivity index (χ0v) is 8.65. The van der Waals surface area contributed by atoms with Gasteiger partial charge in [0.2, 0.25) is 0 Å². The Morgan fingerprint density at radius 3 is 2.71 bits per heavy atom. The fourth-order valence-electron chi connectivity index (χ4n) is 1.34. The van der Waals surface area contributed by atoms with Crippen molar-refractivity contribution in [3.63, 3.8) is 0 Å². The van der Waals surface area contributed by atoms with Gasteiger partial charge in [0, 0.05) is 6.54 Å². The van der Waals surface area contributed by atoms with E-state index in [0.29, 0.717) is 0 Å². The van der Waals surface area contributed by atoms with Crippen LogP contribution in [0.3, 0.4) is 0 Å². The third-order valence-electron chi connectivity index (χ3n) is 2.09. The molecule has 0 radical (unpaired) electrons. The number of halogens is 2. The second-order valence-corrected chi connectivity index (χ2v) is 3.21. The average Bonchev–Trinajstić information content (AvgIpc) is 2.27. The molecule has 0 aliphatic carbocycles. The highest BCUT2D eigenvalue weighted by atomic mass is 19.3. The molecule has 3 N–H and O–H groups in total. The van der Waals surface area contributed by atoms with Gasteiger partial charge in [0.1, 0.15) is 11.8 Å². The van der Waals surface area contributed by atoms with Gasteiger partial charge in [-0.1, -0.05) is 0 Å². The maximum atomic E-state index is 12.6. The van der Waals surface area contributed by atoms with Crippen LogP contribution in [0.5, 0.6) is 0 Å². The van der Waals surface area contributed by atoms with Crippen molar-refractivity contribution in [3.8, 4) is 6.07 Å². The lowest BCUT2D eigenvalue weighted by Gasteiger charge is -2.09. The van der Waals surface area contributed by atoms with Crippen LogP contribution < -0.4 is 5.73 Å². The first-order valence-corrected chi connectivity index (χ1v) is 4.62. The molecule has 0 amide bonds. The van der Waals surface area contributed by atoms with Crippen molar-refractivity contribution in [1.29, 1.82) is 5.26 Å². The van der Waals surface area contributed by atoms with Gasteiger partial charge in [-0.3, -0.25) is 4.79 Å². The molecule has 0 aromatic carbocycles. The zero-order valence-electron chi connectivity index (χ0n) is 8.65. The molecule has 1 aromatic rings. The molecule has 1 heterocycles. The summed E-state index contributed by atoms with van der Waals surface area (Å²) < 4.78 is 25.2. The van der Waals surface area contributed by atoms with Gasteiger partial charge in [-0.25, -0.2) is 13.8 Å². The molecule has 0 aliphatic rings. The summed E-state index contributed by atoms with van der Waals surface area (Å²) in [5.41, 5.74) is 4.61. The van der Waals surface area contributed by atoms with Crippen molar-refractivity contribution in [1.82, 2.24) is 4.98 Å². The van der Waals surface area contributed by atoms with E-state index >= 15 is 0 Å². The molecule has 1 aromatic heterocycles. The van der Waals surface area contributed by atoms with Crippen LogP contribution >= 0.6 is 0 Å². The molecule has 0 spiro atoms. The largest absolute Gasteiger partial charge is 0.481 e. The van der Waals surface area contributed by atoms with Gasteiger partial charge in [0.05, 0.1) is 17.7 Å². The maximum Gasteiger partial charge on any atom is 0.309 e. The van der Waals surface area contributed by atoms with Gasteiger partial charge in [-0.15, -0.1) is 0 Å². The first kappa shape index (κ1) is 13.0. The van der Waals surface area contributed by atoms with Gasteiger partial charge < -0.3 is 10.8 Å². The minimum Gasteiger partial charge on any atom is -0.481 e. The number of carboxylic acids is 1. The fraction of sp³-hybridized carbons (Fsp3) is 0.300. The van der Waals surface area contributed by atoms with E-state index in [0.717, 1.165) is 6.07 Å². The average molecular weight is 241 g/mol. The van der Waals surface area contributed by atoms with E-state index in [1.807, 2.05) is 0 Å². The summed E-state index contributed by atoms with van der Waals surface area (Å²) in [6.07, 6.45) is -3.43. The minimum absolute atomic E-state index is 0.0331. The van der Waals surface area contributed by atoms with Crippen molar-refractivity contribution in [2.75, 3.05) is 0 Å². The molecule has 0 fully saturated rings. The van der Waals surface area contributed by atoms with Crippen molar-refractivity contribution in [2.45, 2.75) is 19.4 Å². The molecule has 0 atom stereocenters. The lowest BCUT2D eigenvalue weighted by molar-refractivity contribution is -0.136. The number of nitrogens with two attached hydrogens (primary N) is 1. The number of carbonyl (C=O) groups is 1. The summed E-state index contributed by atoms with van der Waals surface area (Å²) in [6.45, 7) is -0.0617. The van der Waals surface area contributed by atoms with Crippen LogP contribution in [0.2, 0.25) is 0 Å². The number of nitriles is 1. The SMILES string of the molecule is N#Cc1cc(CN)c(CC(=O)O)nc1C(F)F. The molecule has 0 bridgehead atoms. The monoisotopic (exact) mass is 241 g/mol. The maximum absolute atomic E-state index is 12.6. The topological polar surface area (TPSA) is 100 Å².